The predicted molar refractivity (Wildman–Crippen MR) is 97.0 cm³/mol. The number of hydrogen-bond donors (Lipinski definition) is 2. The third-order valence-electron chi connectivity index (χ3n) is 3.66. The second-order valence-corrected chi connectivity index (χ2v) is 5.59. The summed E-state index contributed by atoms with van der Waals surface area (Å²) in [5.41, 5.74) is 1.10. The summed E-state index contributed by atoms with van der Waals surface area (Å²) in [4.78, 5) is 27.8. The van der Waals surface area contributed by atoms with Crippen molar-refractivity contribution >= 4 is 34.1 Å². The number of halogens is 1. The SMILES string of the molecule is COc1ccc2nc(C(=O)Nc3cc(NC(C)=O)ccc3F)ccc2c1. The van der Waals surface area contributed by atoms with Crippen LogP contribution in [0.15, 0.2) is 48.5 Å². The van der Waals surface area contributed by atoms with Gasteiger partial charge >= 0.3 is 0 Å². The first kappa shape index (κ1) is 17.3. The highest BCUT2D eigenvalue weighted by atomic mass is 19.1. The lowest BCUT2D eigenvalue weighted by Crippen LogP contribution is -2.15. The Hall–Kier alpha value is -3.48. The minimum atomic E-state index is -0.613. The number of aromatic nitrogens is 1. The molecule has 0 aliphatic heterocycles. The van der Waals surface area contributed by atoms with Crippen LogP contribution in [0.1, 0.15) is 17.4 Å². The molecule has 0 bridgehead atoms. The molecule has 132 valence electrons. The molecular weight excluding hydrogens is 337 g/mol. The van der Waals surface area contributed by atoms with E-state index in [1.54, 1.807) is 37.4 Å². The second-order valence-electron chi connectivity index (χ2n) is 5.59. The Morgan fingerprint density at radius 3 is 2.58 bits per heavy atom. The van der Waals surface area contributed by atoms with Gasteiger partial charge in [0.2, 0.25) is 5.91 Å². The van der Waals surface area contributed by atoms with Gasteiger partial charge in [-0.3, -0.25) is 9.59 Å². The molecule has 1 aromatic heterocycles. The number of benzene rings is 2. The minimum absolute atomic E-state index is 0.0436. The number of rotatable bonds is 4. The van der Waals surface area contributed by atoms with E-state index in [1.165, 1.54) is 25.1 Å². The maximum absolute atomic E-state index is 14.0. The van der Waals surface area contributed by atoms with Crippen LogP contribution in [-0.4, -0.2) is 23.9 Å². The fourth-order valence-electron chi connectivity index (χ4n) is 2.45. The molecule has 0 spiro atoms. The van der Waals surface area contributed by atoms with Gasteiger partial charge in [0.1, 0.15) is 17.3 Å². The van der Waals surface area contributed by atoms with E-state index in [4.69, 9.17) is 4.74 Å². The average molecular weight is 353 g/mol. The molecule has 7 heteroatoms. The molecule has 0 saturated heterocycles. The molecule has 0 atom stereocenters. The first-order chi connectivity index (χ1) is 12.5. The van der Waals surface area contributed by atoms with Crippen molar-refractivity contribution in [2.45, 2.75) is 6.92 Å². The summed E-state index contributed by atoms with van der Waals surface area (Å²) in [5, 5.41) is 5.83. The highest BCUT2D eigenvalue weighted by molar-refractivity contribution is 6.04. The molecule has 0 unspecified atom stereocenters. The molecule has 0 saturated carbocycles. The Balaban J connectivity index is 1.85. The highest BCUT2D eigenvalue weighted by Gasteiger charge is 2.12. The lowest BCUT2D eigenvalue weighted by atomic mass is 10.2. The third kappa shape index (κ3) is 3.77. The molecule has 6 nitrogen and oxygen atoms in total. The molecule has 0 aliphatic carbocycles. The van der Waals surface area contributed by atoms with Gasteiger partial charge in [-0.15, -0.1) is 0 Å². The van der Waals surface area contributed by atoms with Crippen LogP contribution in [0.5, 0.6) is 5.75 Å². The zero-order valence-corrected chi connectivity index (χ0v) is 14.2. The molecular formula is C19H16FN3O3. The molecule has 3 rings (SSSR count). The number of nitrogens with zero attached hydrogens (tertiary/aromatic N) is 1. The fraction of sp³-hybridized carbons (Fsp3) is 0.105. The van der Waals surface area contributed by atoms with Crippen molar-refractivity contribution < 1.29 is 18.7 Å². The van der Waals surface area contributed by atoms with E-state index < -0.39 is 11.7 Å². The summed E-state index contributed by atoms with van der Waals surface area (Å²) in [5.74, 6) is -0.770. The molecule has 0 fully saturated rings. The Labute approximate surface area is 149 Å². The monoisotopic (exact) mass is 353 g/mol. The van der Waals surface area contributed by atoms with Gasteiger partial charge in [-0.1, -0.05) is 6.07 Å². The van der Waals surface area contributed by atoms with Crippen LogP contribution in [0.25, 0.3) is 10.9 Å². The number of nitrogens with one attached hydrogen (secondary N) is 2. The standard InChI is InChI=1S/C19H16FN3O3/c1-11(24)21-13-4-6-15(20)18(10-13)23-19(25)17-7-3-12-9-14(26-2)5-8-16(12)22-17/h3-10H,1-2H3,(H,21,24)(H,23,25). The Morgan fingerprint density at radius 2 is 1.85 bits per heavy atom. The van der Waals surface area contributed by atoms with Crippen LogP contribution in [0.3, 0.4) is 0 Å². The van der Waals surface area contributed by atoms with E-state index in [-0.39, 0.29) is 17.3 Å². The van der Waals surface area contributed by atoms with Crippen LogP contribution in [0.4, 0.5) is 15.8 Å². The fourth-order valence-corrected chi connectivity index (χ4v) is 2.45. The number of carbonyl (C=O) groups excluding carboxylic acids is 2. The largest absolute Gasteiger partial charge is 0.497 e. The van der Waals surface area contributed by atoms with E-state index in [1.807, 2.05) is 0 Å². The van der Waals surface area contributed by atoms with Crippen molar-refractivity contribution in [2.75, 3.05) is 17.7 Å². The van der Waals surface area contributed by atoms with Crippen LogP contribution < -0.4 is 15.4 Å². The van der Waals surface area contributed by atoms with Gasteiger partial charge in [-0.05, 0) is 42.5 Å². The Kier molecular flexibility index (Phi) is 4.79. The second kappa shape index (κ2) is 7.18. The minimum Gasteiger partial charge on any atom is -0.497 e. The molecule has 0 aliphatic rings. The van der Waals surface area contributed by atoms with Crippen LogP contribution in [0, 0.1) is 5.82 Å². The molecule has 26 heavy (non-hydrogen) atoms. The zero-order valence-electron chi connectivity index (χ0n) is 14.2. The quantitative estimate of drug-likeness (QED) is 0.751. The summed E-state index contributed by atoms with van der Waals surface area (Å²) < 4.78 is 19.1. The van der Waals surface area contributed by atoms with Gasteiger partial charge in [-0.25, -0.2) is 9.37 Å². The highest BCUT2D eigenvalue weighted by Crippen LogP contribution is 2.22. The topological polar surface area (TPSA) is 80.3 Å². The lowest BCUT2D eigenvalue weighted by Gasteiger charge is -2.09. The van der Waals surface area contributed by atoms with Gasteiger partial charge in [0.05, 0.1) is 18.3 Å². The number of carbonyl (C=O) groups is 2. The zero-order chi connectivity index (χ0) is 18.7. The maximum Gasteiger partial charge on any atom is 0.274 e. The van der Waals surface area contributed by atoms with Gasteiger partial charge in [-0.2, -0.15) is 0 Å². The molecule has 2 N–H and O–H groups in total. The number of fused-ring (bicyclic) bond motifs is 1. The van der Waals surface area contributed by atoms with E-state index in [9.17, 15) is 14.0 Å². The van der Waals surface area contributed by atoms with Crippen molar-refractivity contribution in [3.8, 4) is 5.75 Å². The molecule has 2 aromatic carbocycles. The van der Waals surface area contributed by atoms with Gasteiger partial charge < -0.3 is 15.4 Å². The Bertz CT molecular complexity index is 1000. The molecule has 0 radical (unpaired) electrons. The van der Waals surface area contributed by atoms with E-state index in [2.05, 4.69) is 15.6 Å². The van der Waals surface area contributed by atoms with Gasteiger partial charge in [0.25, 0.3) is 5.91 Å². The maximum atomic E-state index is 14.0. The summed E-state index contributed by atoms with van der Waals surface area (Å²) in [6, 6.07) is 12.5. The number of ether oxygens (including phenoxy) is 1. The van der Waals surface area contributed by atoms with Crippen molar-refractivity contribution in [3.63, 3.8) is 0 Å². The number of hydrogen-bond acceptors (Lipinski definition) is 4. The summed E-state index contributed by atoms with van der Waals surface area (Å²) in [6.45, 7) is 1.34. The van der Waals surface area contributed by atoms with E-state index in [0.717, 1.165) is 5.39 Å². The first-order valence-electron chi connectivity index (χ1n) is 7.79. The van der Waals surface area contributed by atoms with Crippen molar-refractivity contribution in [1.29, 1.82) is 0 Å². The van der Waals surface area contributed by atoms with Gasteiger partial charge in [0.15, 0.2) is 0 Å². The number of pyridine rings is 1. The smallest absolute Gasteiger partial charge is 0.274 e. The summed E-state index contributed by atoms with van der Waals surface area (Å²) in [6.07, 6.45) is 0. The van der Waals surface area contributed by atoms with Crippen molar-refractivity contribution in [3.05, 3.63) is 60.0 Å². The molecule has 2 amide bonds. The van der Waals surface area contributed by atoms with Crippen molar-refractivity contribution in [2.24, 2.45) is 0 Å². The van der Waals surface area contributed by atoms with Gasteiger partial charge in [0, 0.05) is 18.0 Å². The molecule has 1 heterocycles. The van der Waals surface area contributed by atoms with Crippen LogP contribution in [-0.2, 0) is 4.79 Å². The summed E-state index contributed by atoms with van der Waals surface area (Å²) >= 11 is 0. The Morgan fingerprint density at radius 1 is 1.04 bits per heavy atom. The third-order valence-corrected chi connectivity index (χ3v) is 3.66. The average Bonchev–Trinajstić information content (AvgIpc) is 2.63. The normalized spacial score (nSPS) is 10.4. The van der Waals surface area contributed by atoms with Crippen LogP contribution >= 0.6 is 0 Å². The van der Waals surface area contributed by atoms with E-state index >= 15 is 0 Å². The molecule has 3 aromatic rings. The number of anilines is 2. The number of methoxy groups -OCH3 is 1. The number of amides is 2. The lowest BCUT2D eigenvalue weighted by molar-refractivity contribution is -0.114. The van der Waals surface area contributed by atoms with Crippen molar-refractivity contribution in [1.82, 2.24) is 4.98 Å². The summed E-state index contributed by atoms with van der Waals surface area (Å²) in [7, 11) is 1.57. The van der Waals surface area contributed by atoms with Crippen LogP contribution in [0.2, 0.25) is 0 Å². The predicted octanol–water partition coefficient (Wildman–Crippen LogP) is 3.59. The first-order valence-corrected chi connectivity index (χ1v) is 7.79. The van der Waals surface area contributed by atoms with E-state index in [0.29, 0.717) is 17.0 Å².